The summed E-state index contributed by atoms with van der Waals surface area (Å²) in [5.74, 6) is -0.224. The van der Waals surface area contributed by atoms with Crippen LogP contribution < -0.4 is 10.1 Å². The van der Waals surface area contributed by atoms with Gasteiger partial charge in [-0.3, -0.25) is 24.6 Å². The summed E-state index contributed by atoms with van der Waals surface area (Å²) in [6, 6.07) is 8.15. The van der Waals surface area contributed by atoms with Crippen LogP contribution in [0.25, 0.3) is 10.9 Å². The maximum absolute atomic E-state index is 15.3. The maximum atomic E-state index is 15.3. The van der Waals surface area contributed by atoms with Crippen molar-refractivity contribution in [2.45, 2.75) is 63.6 Å². The average molecular weight is 648 g/mol. The Labute approximate surface area is 271 Å². The minimum Gasteiger partial charge on any atom is -0.489 e. The predicted octanol–water partition coefficient (Wildman–Crippen LogP) is 2.75. The molecule has 2 aromatic carbocycles. The molecule has 4 aliphatic rings. The lowest BCUT2D eigenvalue weighted by Gasteiger charge is -2.29. The van der Waals surface area contributed by atoms with Crippen LogP contribution in [0.5, 0.6) is 5.75 Å². The summed E-state index contributed by atoms with van der Waals surface area (Å²) in [5.41, 5.74) is 2.40. The molecule has 0 bridgehead atoms. The molecule has 3 fully saturated rings. The third kappa shape index (κ3) is 6.84. The highest BCUT2D eigenvalue weighted by Crippen LogP contribution is 2.32. The van der Waals surface area contributed by atoms with Crippen LogP contribution in [0.4, 0.5) is 4.39 Å². The Morgan fingerprint density at radius 3 is 2.74 bits per heavy atom. The third-order valence-corrected chi connectivity index (χ3v) is 9.39. The largest absolute Gasteiger partial charge is 0.489 e. The SMILES string of the molecule is COC[C@@H]1CN(Cc2cc(F)c3nc(COC4CCOCC4)ncc3c2)C[C@H]1Oc1ccc2c(c1)CN([C@H]1CCC(=O)NC1=O)C2=O. The van der Waals surface area contributed by atoms with Crippen molar-refractivity contribution in [1.82, 2.24) is 25.1 Å². The Bertz CT molecular complexity index is 1680. The smallest absolute Gasteiger partial charge is 0.255 e. The van der Waals surface area contributed by atoms with Gasteiger partial charge in [-0.25, -0.2) is 14.4 Å². The van der Waals surface area contributed by atoms with Gasteiger partial charge >= 0.3 is 0 Å². The first-order valence-electron chi connectivity index (χ1n) is 16.1. The number of ether oxygens (including phenoxy) is 4. The number of nitrogens with zero attached hydrogens (tertiary/aromatic N) is 4. The number of imide groups is 1. The fourth-order valence-corrected chi connectivity index (χ4v) is 7.01. The van der Waals surface area contributed by atoms with E-state index in [9.17, 15) is 14.4 Å². The van der Waals surface area contributed by atoms with E-state index in [0.29, 0.717) is 68.4 Å². The molecule has 13 heteroatoms. The van der Waals surface area contributed by atoms with Crippen LogP contribution in [-0.2, 0) is 43.5 Å². The Balaban J connectivity index is 0.997. The van der Waals surface area contributed by atoms with Crippen molar-refractivity contribution in [3.63, 3.8) is 0 Å². The molecule has 12 nitrogen and oxygen atoms in total. The summed E-state index contributed by atoms with van der Waals surface area (Å²) in [5, 5.41) is 2.97. The van der Waals surface area contributed by atoms with Gasteiger partial charge in [0.1, 0.15) is 35.8 Å². The van der Waals surface area contributed by atoms with E-state index < -0.39 is 17.8 Å². The van der Waals surface area contributed by atoms with Crippen LogP contribution in [0, 0.1) is 11.7 Å². The number of nitrogens with one attached hydrogen (secondary N) is 1. The molecule has 1 N–H and O–H groups in total. The van der Waals surface area contributed by atoms with E-state index in [0.717, 1.165) is 24.0 Å². The molecular weight excluding hydrogens is 609 g/mol. The maximum Gasteiger partial charge on any atom is 0.255 e. The van der Waals surface area contributed by atoms with E-state index in [2.05, 4.69) is 20.2 Å². The highest BCUT2D eigenvalue weighted by Gasteiger charge is 2.40. The lowest BCUT2D eigenvalue weighted by Crippen LogP contribution is -2.52. The monoisotopic (exact) mass is 647 g/mol. The van der Waals surface area contributed by atoms with E-state index >= 15 is 4.39 Å². The number of carbonyl (C=O) groups is 3. The predicted molar refractivity (Wildman–Crippen MR) is 166 cm³/mol. The first-order chi connectivity index (χ1) is 22.8. The molecule has 47 heavy (non-hydrogen) atoms. The van der Waals surface area contributed by atoms with E-state index in [1.54, 1.807) is 25.4 Å². The van der Waals surface area contributed by atoms with Gasteiger partial charge in [0.25, 0.3) is 5.91 Å². The molecule has 3 atom stereocenters. The van der Waals surface area contributed by atoms with Crippen molar-refractivity contribution in [2.75, 3.05) is 40.0 Å². The summed E-state index contributed by atoms with van der Waals surface area (Å²) in [6.07, 6.45) is 3.75. The minimum absolute atomic E-state index is 0.0711. The first-order valence-corrected chi connectivity index (χ1v) is 16.1. The second-order valence-corrected chi connectivity index (χ2v) is 12.7. The lowest BCUT2D eigenvalue weighted by molar-refractivity contribution is -0.136. The second-order valence-electron chi connectivity index (χ2n) is 12.7. The second kappa shape index (κ2) is 13.6. The molecule has 3 saturated heterocycles. The molecule has 7 rings (SSSR count). The number of rotatable bonds is 10. The lowest BCUT2D eigenvalue weighted by atomic mass is 10.0. The van der Waals surface area contributed by atoms with Crippen LogP contribution >= 0.6 is 0 Å². The molecule has 5 heterocycles. The van der Waals surface area contributed by atoms with Crippen molar-refractivity contribution in [3.8, 4) is 5.75 Å². The normalized spacial score (nSPS) is 23.8. The van der Waals surface area contributed by atoms with Gasteiger partial charge in [0.05, 0.1) is 12.7 Å². The van der Waals surface area contributed by atoms with E-state index in [4.69, 9.17) is 18.9 Å². The fraction of sp³-hybridized carbons (Fsp3) is 0.500. The van der Waals surface area contributed by atoms with Crippen LogP contribution in [0.15, 0.2) is 36.5 Å². The average Bonchev–Trinajstić information content (AvgIpc) is 3.59. The topological polar surface area (TPSA) is 132 Å². The number of methoxy groups -OCH3 is 1. The minimum atomic E-state index is -0.670. The molecule has 3 amide bonds. The van der Waals surface area contributed by atoms with Crippen molar-refractivity contribution in [2.24, 2.45) is 5.92 Å². The Kier molecular flexibility index (Phi) is 9.13. The van der Waals surface area contributed by atoms with E-state index in [1.807, 2.05) is 12.1 Å². The Morgan fingerprint density at radius 1 is 1.09 bits per heavy atom. The summed E-state index contributed by atoms with van der Waals surface area (Å²) >= 11 is 0. The number of piperidine rings is 1. The van der Waals surface area contributed by atoms with Crippen LogP contribution in [0.1, 0.15) is 53.0 Å². The number of benzene rings is 2. The van der Waals surface area contributed by atoms with E-state index in [1.165, 1.54) is 11.0 Å². The molecule has 0 unspecified atom stereocenters. The van der Waals surface area contributed by atoms with Gasteiger partial charge in [0.2, 0.25) is 11.8 Å². The van der Waals surface area contributed by atoms with Gasteiger partial charge in [-0.2, -0.15) is 0 Å². The molecule has 1 aromatic heterocycles. The number of carbonyl (C=O) groups excluding carboxylic acids is 3. The number of halogens is 1. The summed E-state index contributed by atoms with van der Waals surface area (Å²) < 4.78 is 38.6. The third-order valence-electron chi connectivity index (χ3n) is 9.39. The first kappa shape index (κ1) is 31.6. The molecule has 0 saturated carbocycles. The van der Waals surface area contributed by atoms with Crippen molar-refractivity contribution in [3.05, 3.63) is 64.9 Å². The summed E-state index contributed by atoms with van der Waals surface area (Å²) in [7, 11) is 1.66. The van der Waals surface area contributed by atoms with Gasteiger partial charge in [-0.15, -0.1) is 0 Å². The molecule has 4 aliphatic heterocycles. The molecule has 3 aromatic rings. The number of aromatic nitrogens is 2. The van der Waals surface area contributed by atoms with Crippen LogP contribution in [-0.4, -0.2) is 95.8 Å². The van der Waals surface area contributed by atoms with Crippen molar-refractivity contribution >= 4 is 28.6 Å². The van der Waals surface area contributed by atoms with Gasteiger partial charge in [-0.1, -0.05) is 0 Å². The van der Waals surface area contributed by atoms with E-state index in [-0.39, 0.29) is 55.0 Å². The van der Waals surface area contributed by atoms with Gasteiger partial charge in [-0.05, 0) is 60.7 Å². The molecule has 248 valence electrons. The number of likely N-dealkylation sites (tertiary alicyclic amines) is 1. The van der Waals surface area contributed by atoms with Gasteiger partial charge < -0.3 is 23.8 Å². The zero-order valence-electron chi connectivity index (χ0n) is 26.3. The zero-order chi connectivity index (χ0) is 32.5. The Morgan fingerprint density at radius 2 is 1.94 bits per heavy atom. The quantitative estimate of drug-likeness (QED) is 0.328. The van der Waals surface area contributed by atoms with Crippen molar-refractivity contribution < 1.29 is 37.7 Å². The summed E-state index contributed by atoms with van der Waals surface area (Å²) in [6.45, 7) is 4.18. The number of hydrogen-bond donors (Lipinski definition) is 1. The highest BCUT2D eigenvalue weighted by molar-refractivity contribution is 6.05. The van der Waals surface area contributed by atoms with Crippen LogP contribution in [0.2, 0.25) is 0 Å². The van der Waals surface area contributed by atoms with Gasteiger partial charge in [0, 0.05) is 76.0 Å². The van der Waals surface area contributed by atoms with Crippen molar-refractivity contribution in [1.29, 1.82) is 0 Å². The molecule has 0 spiro atoms. The molecular formula is C34H38FN5O7. The van der Waals surface area contributed by atoms with Gasteiger partial charge in [0.15, 0.2) is 5.82 Å². The zero-order valence-corrected chi connectivity index (χ0v) is 26.3. The summed E-state index contributed by atoms with van der Waals surface area (Å²) in [4.78, 5) is 49.7. The number of hydrogen-bond acceptors (Lipinski definition) is 10. The van der Waals surface area contributed by atoms with Crippen LogP contribution in [0.3, 0.4) is 0 Å². The Hall–Kier alpha value is -4.04. The fourth-order valence-electron chi connectivity index (χ4n) is 7.01. The highest BCUT2D eigenvalue weighted by atomic mass is 19.1. The number of amides is 3. The molecule has 0 aliphatic carbocycles. The molecule has 0 radical (unpaired) electrons. The number of fused-ring (bicyclic) bond motifs is 2. The standard InChI is InChI=1S/C34H38FN5O7/c1-44-18-23-15-39(14-20-10-21-13-36-30(37-32(21)27(35)11-20)19-46-24-6-8-45-9-7-24)17-29(23)47-25-2-3-26-22(12-25)16-40(34(26)43)28-4-5-31(41)38-33(28)42/h2-3,10-13,23-24,28-29H,4-9,14-19H2,1H3,(H,38,41,42)/t23-,28-,29+/m0/s1.